The highest BCUT2D eigenvalue weighted by Gasteiger charge is 2.31. The molecule has 0 aromatic heterocycles. The first-order chi connectivity index (χ1) is 20.4. The van der Waals surface area contributed by atoms with Gasteiger partial charge in [-0.2, -0.15) is 0 Å². The van der Waals surface area contributed by atoms with Gasteiger partial charge in [-0.25, -0.2) is 8.42 Å². The Hall–Kier alpha value is -3.27. The van der Waals surface area contributed by atoms with E-state index in [4.69, 9.17) is 27.9 Å². The van der Waals surface area contributed by atoms with E-state index in [2.05, 4.69) is 5.32 Å². The second-order valence-corrected chi connectivity index (χ2v) is 13.2. The van der Waals surface area contributed by atoms with Gasteiger partial charge in [-0.15, -0.1) is 0 Å². The molecule has 0 bridgehead atoms. The quantitative estimate of drug-likeness (QED) is 0.215. The van der Waals surface area contributed by atoms with Crippen molar-refractivity contribution in [2.24, 2.45) is 0 Å². The molecule has 1 atom stereocenters. The van der Waals surface area contributed by atoms with Crippen LogP contribution in [-0.4, -0.2) is 56.6 Å². The summed E-state index contributed by atoms with van der Waals surface area (Å²) in [5.74, 6) is 0.0472. The lowest BCUT2D eigenvalue weighted by Crippen LogP contribution is -2.51. The highest BCUT2D eigenvalue weighted by Crippen LogP contribution is 2.26. The average molecular weight is 649 g/mol. The molecule has 1 N–H and O–H groups in total. The molecule has 43 heavy (non-hydrogen) atoms. The largest absolute Gasteiger partial charge is 0.494 e. The van der Waals surface area contributed by atoms with Crippen molar-refractivity contribution in [1.82, 2.24) is 10.2 Å². The molecule has 0 spiro atoms. The van der Waals surface area contributed by atoms with E-state index >= 15 is 0 Å². The summed E-state index contributed by atoms with van der Waals surface area (Å²) in [6.07, 6.45) is 1.66. The molecule has 0 aliphatic heterocycles. The van der Waals surface area contributed by atoms with E-state index < -0.39 is 16.1 Å². The molecular formula is C32H39Cl2N3O5S. The topological polar surface area (TPSA) is 96.0 Å². The molecule has 3 rings (SSSR count). The third-order valence-corrected chi connectivity index (χ3v) is 8.43. The molecular weight excluding hydrogens is 609 g/mol. The second-order valence-electron chi connectivity index (χ2n) is 10.5. The van der Waals surface area contributed by atoms with Crippen LogP contribution < -0.4 is 14.4 Å². The molecule has 11 heteroatoms. The number of ether oxygens (including phenoxy) is 1. The Kier molecular flexibility index (Phi) is 12.7. The van der Waals surface area contributed by atoms with Crippen LogP contribution >= 0.6 is 23.2 Å². The number of hydrogen-bond donors (Lipinski definition) is 1. The molecule has 3 aromatic carbocycles. The number of benzene rings is 3. The van der Waals surface area contributed by atoms with Gasteiger partial charge in [0.05, 0.1) is 18.6 Å². The van der Waals surface area contributed by atoms with E-state index in [-0.39, 0.29) is 50.2 Å². The first-order valence-corrected chi connectivity index (χ1v) is 16.8. The zero-order valence-electron chi connectivity index (χ0n) is 24.9. The Labute approximate surface area is 265 Å². The monoisotopic (exact) mass is 647 g/mol. The molecule has 0 unspecified atom stereocenters. The standard InChI is InChI=1S/C32H39Cl2N3O5S/c1-5-42-28-17-15-27(16-18-28)37(43(4,40)41)19-9-12-31(38)36(22-25-13-14-26(33)21-29(25)34)30(32(39)35-23(2)3)20-24-10-7-6-8-11-24/h6-8,10-11,13-18,21,23,30H,5,9,12,19-20,22H2,1-4H3,(H,35,39)/t30-/m0/s1. The third kappa shape index (κ3) is 10.4. The second kappa shape index (κ2) is 16.0. The lowest BCUT2D eigenvalue weighted by atomic mass is 10.0. The minimum absolute atomic E-state index is 0.00844. The normalized spacial score (nSPS) is 12.1. The van der Waals surface area contributed by atoms with Gasteiger partial charge in [0.1, 0.15) is 11.8 Å². The van der Waals surface area contributed by atoms with Crippen molar-refractivity contribution in [2.45, 2.75) is 58.7 Å². The van der Waals surface area contributed by atoms with Crippen LogP contribution in [0.1, 0.15) is 44.7 Å². The molecule has 0 aliphatic rings. The number of carbonyl (C=O) groups excluding carboxylic acids is 2. The molecule has 0 aliphatic carbocycles. The number of rotatable bonds is 15. The summed E-state index contributed by atoms with van der Waals surface area (Å²) in [5.41, 5.74) is 2.01. The van der Waals surface area contributed by atoms with Crippen molar-refractivity contribution in [2.75, 3.05) is 23.7 Å². The van der Waals surface area contributed by atoms with Gasteiger partial charge in [-0.1, -0.05) is 59.6 Å². The van der Waals surface area contributed by atoms with Crippen molar-refractivity contribution >= 4 is 50.7 Å². The van der Waals surface area contributed by atoms with Crippen LogP contribution in [0.25, 0.3) is 0 Å². The van der Waals surface area contributed by atoms with Crippen LogP contribution in [0.5, 0.6) is 5.75 Å². The van der Waals surface area contributed by atoms with Gasteiger partial charge >= 0.3 is 0 Å². The van der Waals surface area contributed by atoms with E-state index in [0.29, 0.717) is 33.7 Å². The van der Waals surface area contributed by atoms with Crippen LogP contribution in [0, 0.1) is 0 Å². The summed E-state index contributed by atoms with van der Waals surface area (Å²) in [7, 11) is -3.63. The number of hydrogen-bond acceptors (Lipinski definition) is 5. The molecule has 0 heterocycles. The summed E-state index contributed by atoms with van der Waals surface area (Å²) >= 11 is 12.6. The lowest BCUT2D eigenvalue weighted by Gasteiger charge is -2.32. The molecule has 0 saturated carbocycles. The molecule has 0 fully saturated rings. The third-order valence-electron chi connectivity index (χ3n) is 6.65. The van der Waals surface area contributed by atoms with Crippen molar-refractivity contribution in [1.29, 1.82) is 0 Å². The maximum Gasteiger partial charge on any atom is 0.243 e. The highest BCUT2D eigenvalue weighted by atomic mass is 35.5. The minimum atomic E-state index is -3.63. The van der Waals surface area contributed by atoms with E-state index in [1.54, 1.807) is 42.5 Å². The van der Waals surface area contributed by atoms with Crippen molar-refractivity contribution in [3.63, 3.8) is 0 Å². The maximum atomic E-state index is 13.9. The van der Waals surface area contributed by atoms with Crippen LogP contribution in [0.2, 0.25) is 10.0 Å². The first kappa shape index (κ1) is 34.2. The van der Waals surface area contributed by atoms with Gasteiger partial charge in [-0.3, -0.25) is 13.9 Å². The number of anilines is 1. The highest BCUT2D eigenvalue weighted by molar-refractivity contribution is 7.92. The Balaban J connectivity index is 1.89. The molecule has 232 valence electrons. The summed E-state index contributed by atoms with van der Waals surface area (Å²) in [4.78, 5) is 29.0. The number of nitrogens with one attached hydrogen (secondary N) is 1. The van der Waals surface area contributed by atoms with Crippen molar-refractivity contribution in [3.05, 3.63) is 94.0 Å². The number of amides is 2. The first-order valence-electron chi connectivity index (χ1n) is 14.2. The molecule has 3 aromatic rings. The van der Waals surface area contributed by atoms with Crippen LogP contribution in [-0.2, 0) is 32.6 Å². The molecule has 0 radical (unpaired) electrons. The van der Waals surface area contributed by atoms with E-state index in [9.17, 15) is 18.0 Å². The number of halogens is 2. The van der Waals surface area contributed by atoms with Crippen LogP contribution in [0.4, 0.5) is 5.69 Å². The average Bonchev–Trinajstić information content (AvgIpc) is 2.94. The SMILES string of the molecule is CCOc1ccc(N(CCCC(=O)N(Cc2ccc(Cl)cc2Cl)[C@@H](Cc2ccccc2)C(=O)NC(C)C)S(C)(=O)=O)cc1. The molecule has 0 saturated heterocycles. The van der Waals surface area contributed by atoms with Gasteiger partial charge < -0.3 is 15.0 Å². The Morgan fingerprint density at radius 2 is 1.65 bits per heavy atom. The molecule has 8 nitrogen and oxygen atoms in total. The predicted octanol–water partition coefficient (Wildman–Crippen LogP) is 6.10. The predicted molar refractivity (Wildman–Crippen MR) is 173 cm³/mol. The fourth-order valence-corrected chi connectivity index (χ4v) is 6.08. The number of sulfonamides is 1. The fourth-order valence-electron chi connectivity index (χ4n) is 4.65. The summed E-state index contributed by atoms with van der Waals surface area (Å²) < 4.78 is 32.1. The van der Waals surface area contributed by atoms with Crippen LogP contribution in [0.3, 0.4) is 0 Å². The smallest absolute Gasteiger partial charge is 0.243 e. The van der Waals surface area contributed by atoms with Gasteiger partial charge in [0, 0.05) is 42.0 Å². The number of carbonyl (C=O) groups is 2. The van der Waals surface area contributed by atoms with E-state index in [0.717, 1.165) is 11.8 Å². The van der Waals surface area contributed by atoms with Gasteiger partial charge in [-0.05, 0) is 74.7 Å². The number of nitrogens with zero attached hydrogens (tertiary/aromatic N) is 2. The van der Waals surface area contributed by atoms with Crippen LogP contribution in [0.15, 0.2) is 72.8 Å². The lowest BCUT2D eigenvalue weighted by molar-refractivity contribution is -0.141. The summed E-state index contributed by atoms with van der Waals surface area (Å²) in [6.45, 7) is 6.24. The Morgan fingerprint density at radius 3 is 2.23 bits per heavy atom. The van der Waals surface area contributed by atoms with Gasteiger partial charge in [0.25, 0.3) is 0 Å². The zero-order chi connectivity index (χ0) is 31.6. The van der Waals surface area contributed by atoms with Crippen molar-refractivity contribution < 1.29 is 22.7 Å². The Bertz CT molecular complexity index is 1470. The van der Waals surface area contributed by atoms with E-state index in [1.807, 2.05) is 51.1 Å². The summed E-state index contributed by atoms with van der Waals surface area (Å²) in [6, 6.07) is 20.3. The Morgan fingerprint density at radius 1 is 0.977 bits per heavy atom. The summed E-state index contributed by atoms with van der Waals surface area (Å²) in [5, 5.41) is 3.79. The molecule has 2 amide bonds. The maximum absolute atomic E-state index is 13.9. The van der Waals surface area contributed by atoms with Crippen molar-refractivity contribution in [3.8, 4) is 5.75 Å². The minimum Gasteiger partial charge on any atom is -0.494 e. The van der Waals surface area contributed by atoms with E-state index in [1.165, 1.54) is 9.21 Å². The van der Waals surface area contributed by atoms with Gasteiger partial charge in [0.2, 0.25) is 21.8 Å². The van der Waals surface area contributed by atoms with Gasteiger partial charge in [0.15, 0.2) is 0 Å². The fraction of sp³-hybridized carbons (Fsp3) is 0.375. The zero-order valence-corrected chi connectivity index (χ0v) is 27.3.